The molecule has 0 aliphatic rings. The van der Waals surface area contributed by atoms with Crippen LogP contribution in [0.2, 0.25) is 0 Å². The first kappa shape index (κ1) is 24.4. The Morgan fingerprint density at radius 1 is 0.625 bits per heavy atom. The van der Waals surface area contributed by atoms with Crippen molar-refractivity contribution in [2.24, 2.45) is 0 Å². The number of benzene rings is 2. The van der Waals surface area contributed by atoms with Gasteiger partial charge in [0.1, 0.15) is 11.5 Å². The predicted molar refractivity (Wildman–Crippen MR) is 105 cm³/mol. The van der Waals surface area contributed by atoms with E-state index in [2.05, 4.69) is 9.78 Å². The van der Waals surface area contributed by atoms with Gasteiger partial charge in [-0.1, -0.05) is 0 Å². The van der Waals surface area contributed by atoms with Crippen molar-refractivity contribution in [3.63, 3.8) is 0 Å². The van der Waals surface area contributed by atoms with Crippen molar-refractivity contribution in [1.29, 1.82) is 0 Å². The summed E-state index contributed by atoms with van der Waals surface area (Å²) in [5.41, 5.74) is 0.391. The zero-order valence-electron chi connectivity index (χ0n) is 17.8. The van der Waals surface area contributed by atoms with Crippen LogP contribution in [0.5, 0.6) is 11.5 Å². The van der Waals surface area contributed by atoms with Crippen molar-refractivity contribution in [2.75, 3.05) is 14.2 Å². The van der Waals surface area contributed by atoms with E-state index in [0.717, 1.165) is 0 Å². The van der Waals surface area contributed by atoms with Crippen molar-refractivity contribution in [3.8, 4) is 11.5 Å². The van der Waals surface area contributed by atoms with Crippen LogP contribution < -0.4 is 9.47 Å². The van der Waals surface area contributed by atoms with Gasteiger partial charge in [0.2, 0.25) is 12.6 Å². The van der Waals surface area contributed by atoms with Gasteiger partial charge in [-0.05, 0) is 48.5 Å². The molecule has 0 N–H and O–H groups in total. The van der Waals surface area contributed by atoms with E-state index in [-0.39, 0.29) is 11.1 Å². The summed E-state index contributed by atoms with van der Waals surface area (Å²) in [7, 11) is 2.98. The van der Waals surface area contributed by atoms with E-state index in [9.17, 15) is 14.4 Å². The Morgan fingerprint density at radius 3 is 1.28 bits per heavy atom. The van der Waals surface area contributed by atoms with Crippen molar-refractivity contribution in [3.05, 3.63) is 59.7 Å². The molecule has 0 fully saturated rings. The zero-order valence-corrected chi connectivity index (χ0v) is 17.8. The molecular formula is C21H22O11. The second-order valence-electron chi connectivity index (χ2n) is 6.01. The standard InChI is InChI=1S/C21H22O11/c1-13(29-31-19(22)15-5-9-17(25-3)10-6-15)27-21(24)28-14(2)30-32-20(23)16-7-11-18(26-4)12-8-16/h5-14H,1-4H3. The number of carbonyl (C=O) groups excluding carboxylic acids is 3. The van der Waals surface area contributed by atoms with Gasteiger partial charge >= 0.3 is 18.1 Å². The molecule has 0 radical (unpaired) electrons. The van der Waals surface area contributed by atoms with E-state index >= 15 is 0 Å². The summed E-state index contributed by atoms with van der Waals surface area (Å²) in [6.07, 6.45) is -3.80. The normalized spacial score (nSPS) is 12.1. The van der Waals surface area contributed by atoms with Crippen LogP contribution in [0.4, 0.5) is 4.79 Å². The third kappa shape index (κ3) is 7.78. The average Bonchev–Trinajstić information content (AvgIpc) is 2.81. The Morgan fingerprint density at radius 2 is 0.969 bits per heavy atom. The summed E-state index contributed by atoms with van der Waals surface area (Å²) >= 11 is 0. The van der Waals surface area contributed by atoms with E-state index in [1.165, 1.54) is 52.3 Å². The third-order valence-electron chi connectivity index (χ3n) is 3.69. The average molecular weight is 450 g/mol. The molecule has 2 unspecified atom stereocenters. The molecule has 0 bridgehead atoms. The highest BCUT2D eigenvalue weighted by Crippen LogP contribution is 2.14. The minimum absolute atomic E-state index is 0.196. The second kappa shape index (κ2) is 12.1. The van der Waals surface area contributed by atoms with Gasteiger partial charge < -0.3 is 18.9 Å². The van der Waals surface area contributed by atoms with Gasteiger partial charge in [0, 0.05) is 13.8 Å². The van der Waals surface area contributed by atoms with Crippen molar-refractivity contribution in [2.45, 2.75) is 26.4 Å². The first-order valence-electron chi connectivity index (χ1n) is 9.23. The van der Waals surface area contributed by atoms with E-state index in [1.807, 2.05) is 0 Å². The summed E-state index contributed by atoms with van der Waals surface area (Å²) in [6.45, 7) is 2.58. The van der Waals surface area contributed by atoms with E-state index in [4.69, 9.17) is 28.7 Å². The van der Waals surface area contributed by atoms with Crippen molar-refractivity contribution >= 4 is 18.1 Å². The number of hydrogen-bond acceptors (Lipinski definition) is 11. The lowest BCUT2D eigenvalue weighted by Crippen LogP contribution is -2.25. The predicted octanol–water partition coefficient (Wildman–Crippen LogP) is 3.43. The highest BCUT2D eigenvalue weighted by molar-refractivity contribution is 5.89. The van der Waals surface area contributed by atoms with Crippen LogP contribution in [-0.4, -0.2) is 44.9 Å². The minimum atomic E-state index is -1.29. The Balaban J connectivity index is 1.68. The molecule has 0 spiro atoms. The van der Waals surface area contributed by atoms with Gasteiger partial charge in [-0.25, -0.2) is 14.4 Å². The number of methoxy groups -OCH3 is 2. The van der Waals surface area contributed by atoms with Crippen molar-refractivity contribution < 1.29 is 52.9 Å². The number of rotatable bonds is 10. The maximum Gasteiger partial charge on any atom is 0.513 e. The number of ether oxygens (including phenoxy) is 4. The molecule has 0 saturated carbocycles. The molecule has 0 amide bonds. The molecular weight excluding hydrogens is 428 g/mol. The Bertz CT molecular complexity index is 819. The molecule has 0 aliphatic carbocycles. The van der Waals surface area contributed by atoms with E-state index in [0.29, 0.717) is 11.5 Å². The van der Waals surface area contributed by atoms with Gasteiger partial charge in [-0.15, -0.1) is 9.78 Å². The third-order valence-corrected chi connectivity index (χ3v) is 3.69. The highest BCUT2D eigenvalue weighted by atomic mass is 17.2. The maximum atomic E-state index is 11.9. The molecule has 0 heterocycles. The first-order valence-corrected chi connectivity index (χ1v) is 9.23. The molecule has 32 heavy (non-hydrogen) atoms. The Hall–Kier alpha value is -3.83. The number of hydrogen-bond donors (Lipinski definition) is 0. The van der Waals surface area contributed by atoms with Crippen LogP contribution in [0.15, 0.2) is 48.5 Å². The van der Waals surface area contributed by atoms with E-state index < -0.39 is 30.7 Å². The molecule has 11 nitrogen and oxygen atoms in total. The van der Waals surface area contributed by atoms with Crippen LogP contribution >= 0.6 is 0 Å². The fraction of sp³-hybridized carbons (Fsp3) is 0.286. The lowest BCUT2D eigenvalue weighted by Gasteiger charge is -2.15. The van der Waals surface area contributed by atoms with Gasteiger partial charge in [-0.3, -0.25) is 9.78 Å². The number of carbonyl (C=O) groups is 3. The zero-order chi connectivity index (χ0) is 23.5. The quantitative estimate of drug-likeness (QED) is 0.229. The molecule has 11 heteroatoms. The van der Waals surface area contributed by atoms with Gasteiger partial charge in [0.15, 0.2) is 0 Å². The first-order chi connectivity index (χ1) is 15.3. The molecule has 0 aromatic heterocycles. The fourth-order valence-electron chi connectivity index (χ4n) is 2.11. The summed E-state index contributed by atoms with van der Waals surface area (Å²) in [6, 6.07) is 12.1. The molecule has 2 rings (SSSR count). The lowest BCUT2D eigenvalue weighted by molar-refractivity contribution is -0.340. The Kier molecular flexibility index (Phi) is 9.26. The summed E-state index contributed by atoms with van der Waals surface area (Å²) in [5.74, 6) is -0.488. The molecule has 172 valence electrons. The Labute approximate surface area is 183 Å². The van der Waals surface area contributed by atoms with Gasteiger partial charge in [0.25, 0.3) is 0 Å². The fourth-order valence-corrected chi connectivity index (χ4v) is 2.11. The van der Waals surface area contributed by atoms with Gasteiger partial charge in [-0.2, -0.15) is 0 Å². The molecule has 2 aromatic rings. The highest BCUT2D eigenvalue weighted by Gasteiger charge is 2.20. The van der Waals surface area contributed by atoms with Crippen LogP contribution in [-0.2, 0) is 29.0 Å². The molecule has 2 aromatic carbocycles. The van der Waals surface area contributed by atoms with Crippen LogP contribution in [0.25, 0.3) is 0 Å². The molecule has 0 saturated heterocycles. The van der Waals surface area contributed by atoms with Crippen molar-refractivity contribution in [1.82, 2.24) is 0 Å². The molecule has 0 aliphatic heterocycles. The summed E-state index contributed by atoms with van der Waals surface area (Å²) < 4.78 is 19.5. The van der Waals surface area contributed by atoms with E-state index in [1.54, 1.807) is 24.3 Å². The second-order valence-corrected chi connectivity index (χ2v) is 6.01. The SMILES string of the molecule is COc1ccc(C(=O)OOC(C)OC(=O)OC(C)OOC(=O)c2ccc(OC)cc2)cc1. The summed E-state index contributed by atoms with van der Waals surface area (Å²) in [5, 5.41) is 0. The minimum Gasteiger partial charge on any atom is -0.497 e. The molecule has 2 atom stereocenters. The maximum absolute atomic E-state index is 11.9. The van der Waals surface area contributed by atoms with Gasteiger partial charge in [0.05, 0.1) is 25.3 Å². The monoisotopic (exact) mass is 450 g/mol. The lowest BCUT2D eigenvalue weighted by atomic mass is 10.2. The smallest absolute Gasteiger partial charge is 0.497 e. The van der Waals surface area contributed by atoms with Crippen LogP contribution in [0.1, 0.15) is 34.6 Å². The van der Waals surface area contributed by atoms with Crippen LogP contribution in [0.3, 0.4) is 0 Å². The largest absolute Gasteiger partial charge is 0.513 e. The summed E-state index contributed by atoms with van der Waals surface area (Å²) in [4.78, 5) is 54.1. The topological polar surface area (TPSA) is 125 Å². The van der Waals surface area contributed by atoms with Crippen LogP contribution in [0, 0.1) is 0 Å².